The lowest BCUT2D eigenvalue weighted by Gasteiger charge is -2.25. The average molecular weight is 249 g/mol. The van der Waals surface area contributed by atoms with Gasteiger partial charge in [-0.25, -0.2) is 0 Å². The van der Waals surface area contributed by atoms with E-state index in [1.54, 1.807) is 29.2 Å². The summed E-state index contributed by atoms with van der Waals surface area (Å²) in [5.41, 5.74) is 6.57. The van der Waals surface area contributed by atoms with Crippen LogP contribution in [-0.2, 0) is 0 Å². The molecule has 0 aliphatic rings. The van der Waals surface area contributed by atoms with Gasteiger partial charge in [0, 0.05) is 23.7 Å². The molecule has 1 aromatic carbocycles. The van der Waals surface area contributed by atoms with Gasteiger partial charge in [-0.3, -0.25) is 4.79 Å². The summed E-state index contributed by atoms with van der Waals surface area (Å²) in [7, 11) is 0. The molecular weight excluding hydrogens is 230 g/mol. The summed E-state index contributed by atoms with van der Waals surface area (Å²) in [6, 6.07) is 6.89. The van der Waals surface area contributed by atoms with Crippen molar-refractivity contribution >= 4 is 11.7 Å². The molecule has 0 bridgehead atoms. The summed E-state index contributed by atoms with van der Waals surface area (Å²) in [6.45, 7) is 6.51. The van der Waals surface area contributed by atoms with Crippen LogP contribution in [0.2, 0.25) is 0 Å². The number of hydrogen-bond acceptors (Lipinski definition) is 3. The maximum absolute atomic E-state index is 12.3. The first kappa shape index (κ1) is 14.0. The monoisotopic (exact) mass is 249 g/mol. The molecule has 0 aromatic heterocycles. The van der Waals surface area contributed by atoms with Crippen molar-refractivity contribution in [3.63, 3.8) is 0 Å². The van der Waals surface area contributed by atoms with Crippen molar-refractivity contribution in [3.8, 4) is 0 Å². The van der Waals surface area contributed by atoms with E-state index < -0.39 is 0 Å². The van der Waals surface area contributed by atoms with Gasteiger partial charge in [0.15, 0.2) is 5.84 Å². The molecule has 0 radical (unpaired) electrons. The van der Waals surface area contributed by atoms with Crippen LogP contribution in [0.4, 0.5) is 0 Å². The third-order valence-corrected chi connectivity index (χ3v) is 2.74. The van der Waals surface area contributed by atoms with Gasteiger partial charge in [0.05, 0.1) is 0 Å². The van der Waals surface area contributed by atoms with E-state index in [0.717, 1.165) is 0 Å². The Hall–Kier alpha value is -2.04. The molecule has 1 aromatic rings. The number of amides is 1. The molecule has 0 unspecified atom stereocenters. The Morgan fingerprint density at radius 1 is 1.44 bits per heavy atom. The number of nitrogens with two attached hydrogens (primary N) is 1. The van der Waals surface area contributed by atoms with Gasteiger partial charge < -0.3 is 15.8 Å². The number of oxime groups is 1. The molecular formula is C13H19N3O2. The Balaban J connectivity index is 3.07. The zero-order valence-corrected chi connectivity index (χ0v) is 10.9. The first-order valence-electron chi connectivity index (χ1n) is 5.90. The Bertz CT molecular complexity index is 455. The van der Waals surface area contributed by atoms with Gasteiger partial charge in [-0.15, -0.1) is 0 Å². The molecule has 0 saturated heterocycles. The molecule has 3 N–H and O–H groups in total. The summed E-state index contributed by atoms with van der Waals surface area (Å²) >= 11 is 0. The van der Waals surface area contributed by atoms with E-state index in [1.165, 1.54) is 0 Å². The first-order valence-corrected chi connectivity index (χ1v) is 5.90. The summed E-state index contributed by atoms with van der Waals surface area (Å²) in [4.78, 5) is 14.0. The summed E-state index contributed by atoms with van der Waals surface area (Å²) < 4.78 is 0. The van der Waals surface area contributed by atoms with Gasteiger partial charge in [0.2, 0.25) is 0 Å². The minimum Gasteiger partial charge on any atom is -0.409 e. The van der Waals surface area contributed by atoms with E-state index in [2.05, 4.69) is 5.16 Å². The van der Waals surface area contributed by atoms with E-state index in [-0.39, 0.29) is 17.8 Å². The minimum atomic E-state index is -0.0555. The van der Waals surface area contributed by atoms with Crippen LogP contribution in [0.1, 0.15) is 36.7 Å². The molecule has 0 fully saturated rings. The van der Waals surface area contributed by atoms with Gasteiger partial charge in [-0.1, -0.05) is 17.3 Å². The molecule has 0 aliphatic carbocycles. The molecule has 98 valence electrons. The summed E-state index contributed by atoms with van der Waals surface area (Å²) in [5, 5.41) is 11.6. The Kier molecular flexibility index (Phi) is 4.71. The van der Waals surface area contributed by atoms with Crippen LogP contribution in [0.25, 0.3) is 0 Å². The lowest BCUT2D eigenvalue weighted by atomic mass is 10.1. The fourth-order valence-electron chi connectivity index (χ4n) is 1.78. The highest BCUT2D eigenvalue weighted by atomic mass is 16.4. The van der Waals surface area contributed by atoms with Crippen molar-refractivity contribution in [2.75, 3.05) is 6.54 Å². The summed E-state index contributed by atoms with van der Waals surface area (Å²) in [5.74, 6) is -0.0580. The van der Waals surface area contributed by atoms with Crippen LogP contribution in [0, 0.1) is 0 Å². The molecule has 1 amide bonds. The molecule has 0 heterocycles. The van der Waals surface area contributed by atoms with E-state index in [1.807, 2.05) is 20.8 Å². The fourth-order valence-corrected chi connectivity index (χ4v) is 1.78. The second kappa shape index (κ2) is 6.05. The first-order chi connectivity index (χ1) is 8.51. The number of benzene rings is 1. The maximum Gasteiger partial charge on any atom is 0.254 e. The van der Waals surface area contributed by atoms with Crippen molar-refractivity contribution < 1.29 is 10.0 Å². The van der Waals surface area contributed by atoms with Crippen molar-refractivity contribution in [1.82, 2.24) is 4.90 Å². The van der Waals surface area contributed by atoms with Crippen molar-refractivity contribution in [2.24, 2.45) is 10.9 Å². The Labute approximate surface area is 107 Å². The Morgan fingerprint density at radius 2 is 2.06 bits per heavy atom. The van der Waals surface area contributed by atoms with Crippen molar-refractivity contribution in [3.05, 3.63) is 35.4 Å². The highest BCUT2D eigenvalue weighted by Gasteiger charge is 2.17. The molecule has 18 heavy (non-hydrogen) atoms. The normalized spacial score (nSPS) is 11.7. The van der Waals surface area contributed by atoms with Gasteiger partial charge in [-0.05, 0) is 32.9 Å². The lowest BCUT2D eigenvalue weighted by Crippen LogP contribution is -2.36. The number of carbonyl (C=O) groups is 1. The Morgan fingerprint density at radius 3 is 2.56 bits per heavy atom. The van der Waals surface area contributed by atoms with Gasteiger partial charge in [-0.2, -0.15) is 0 Å². The number of hydrogen-bond donors (Lipinski definition) is 2. The lowest BCUT2D eigenvalue weighted by molar-refractivity contribution is 0.0717. The van der Waals surface area contributed by atoms with Crippen LogP contribution in [0.15, 0.2) is 29.4 Å². The zero-order valence-electron chi connectivity index (χ0n) is 10.9. The van der Waals surface area contributed by atoms with Crippen LogP contribution < -0.4 is 5.73 Å². The molecule has 0 atom stereocenters. The number of amidine groups is 1. The molecule has 5 nitrogen and oxygen atoms in total. The van der Waals surface area contributed by atoms with Gasteiger partial charge in [0.25, 0.3) is 5.91 Å². The molecule has 0 spiro atoms. The van der Waals surface area contributed by atoms with E-state index >= 15 is 0 Å². The fraction of sp³-hybridized carbons (Fsp3) is 0.385. The molecule has 1 rings (SSSR count). The predicted molar refractivity (Wildman–Crippen MR) is 70.8 cm³/mol. The smallest absolute Gasteiger partial charge is 0.254 e. The standard InChI is InChI=1S/C13H19N3O2/c1-4-16(9(2)3)13(17)11-7-5-6-10(8-11)12(14)15-18/h5-9,18H,4H2,1-3H3,(H2,14,15). The largest absolute Gasteiger partial charge is 0.409 e. The topological polar surface area (TPSA) is 78.9 Å². The van der Waals surface area contributed by atoms with Crippen LogP contribution in [-0.4, -0.2) is 34.4 Å². The van der Waals surface area contributed by atoms with E-state index in [9.17, 15) is 4.79 Å². The maximum atomic E-state index is 12.3. The number of rotatable bonds is 4. The highest BCUT2D eigenvalue weighted by Crippen LogP contribution is 2.10. The van der Waals surface area contributed by atoms with E-state index in [4.69, 9.17) is 10.9 Å². The van der Waals surface area contributed by atoms with E-state index in [0.29, 0.717) is 17.7 Å². The van der Waals surface area contributed by atoms with Crippen molar-refractivity contribution in [1.29, 1.82) is 0 Å². The number of carbonyl (C=O) groups excluding carboxylic acids is 1. The second-order valence-electron chi connectivity index (χ2n) is 4.25. The van der Waals surface area contributed by atoms with Crippen molar-refractivity contribution in [2.45, 2.75) is 26.8 Å². The average Bonchev–Trinajstić information content (AvgIpc) is 2.38. The third kappa shape index (κ3) is 3.00. The minimum absolute atomic E-state index is 0.00255. The second-order valence-corrected chi connectivity index (χ2v) is 4.25. The molecule has 0 aliphatic heterocycles. The van der Waals surface area contributed by atoms with Crippen LogP contribution in [0.3, 0.4) is 0 Å². The van der Waals surface area contributed by atoms with Crippen LogP contribution in [0.5, 0.6) is 0 Å². The SMILES string of the molecule is CCN(C(=O)c1cccc(/C(N)=N/O)c1)C(C)C. The zero-order chi connectivity index (χ0) is 13.7. The molecule has 5 heteroatoms. The quantitative estimate of drug-likeness (QED) is 0.368. The predicted octanol–water partition coefficient (Wildman–Crippen LogP) is 1.65. The third-order valence-electron chi connectivity index (χ3n) is 2.74. The molecule has 0 saturated carbocycles. The van der Waals surface area contributed by atoms with Crippen LogP contribution >= 0.6 is 0 Å². The van der Waals surface area contributed by atoms with Gasteiger partial charge >= 0.3 is 0 Å². The highest BCUT2D eigenvalue weighted by molar-refractivity contribution is 6.01. The number of nitrogens with zero attached hydrogens (tertiary/aromatic N) is 2. The van der Waals surface area contributed by atoms with Gasteiger partial charge in [0.1, 0.15) is 0 Å². The summed E-state index contributed by atoms with van der Waals surface area (Å²) in [6.07, 6.45) is 0.